The van der Waals surface area contributed by atoms with E-state index in [2.05, 4.69) is 4.72 Å². The Morgan fingerprint density at radius 1 is 1.19 bits per heavy atom. The summed E-state index contributed by atoms with van der Waals surface area (Å²) in [5.41, 5.74) is 0. The maximum atomic E-state index is 12.4. The molecule has 0 aliphatic carbocycles. The molecule has 0 radical (unpaired) electrons. The SMILES string of the molecule is COc1ccc(S(=O)(=O)NC(CCO)C(C)C)cc1OC. The smallest absolute Gasteiger partial charge is 0.240 e. The van der Waals surface area contributed by atoms with E-state index in [0.717, 1.165) is 0 Å². The first kappa shape index (κ1) is 17.7. The van der Waals surface area contributed by atoms with E-state index in [1.807, 2.05) is 13.8 Å². The third kappa shape index (κ3) is 4.59. The van der Waals surface area contributed by atoms with E-state index in [0.29, 0.717) is 17.9 Å². The van der Waals surface area contributed by atoms with Gasteiger partial charge in [0.15, 0.2) is 11.5 Å². The highest BCUT2D eigenvalue weighted by atomic mass is 32.2. The van der Waals surface area contributed by atoms with Crippen molar-refractivity contribution < 1.29 is 23.0 Å². The van der Waals surface area contributed by atoms with E-state index in [1.54, 1.807) is 6.07 Å². The molecule has 0 bridgehead atoms. The van der Waals surface area contributed by atoms with Gasteiger partial charge in [-0.15, -0.1) is 0 Å². The summed E-state index contributed by atoms with van der Waals surface area (Å²) in [6.45, 7) is 3.73. The number of sulfonamides is 1. The Hall–Kier alpha value is -1.31. The minimum absolute atomic E-state index is 0.0721. The van der Waals surface area contributed by atoms with Crippen LogP contribution in [0.3, 0.4) is 0 Å². The maximum absolute atomic E-state index is 12.4. The summed E-state index contributed by atoms with van der Waals surface area (Å²) in [5, 5.41) is 9.03. The van der Waals surface area contributed by atoms with Crippen molar-refractivity contribution in [1.29, 1.82) is 0 Å². The second-order valence-electron chi connectivity index (χ2n) is 5.00. The lowest BCUT2D eigenvalue weighted by Crippen LogP contribution is -2.39. The van der Waals surface area contributed by atoms with Crippen molar-refractivity contribution in [3.8, 4) is 11.5 Å². The molecule has 0 aliphatic rings. The molecule has 0 spiro atoms. The van der Waals surface area contributed by atoms with Crippen LogP contribution in [-0.2, 0) is 10.0 Å². The van der Waals surface area contributed by atoms with Crippen molar-refractivity contribution in [3.63, 3.8) is 0 Å². The first-order valence-corrected chi connectivity index (χ1v) is 8.19. The van der Waals surface area contributed by atoms with Gasteiger partial charge in [-0.3, -0.25) is 0 Å². The third-order valence-corrected chi connectivity index (χ3v) is 4.70. The van der Waals surface area contributed by atoms with Crippen molar-refractivity contribution >= 4 is 10.0 Å². The Labute approximate surface area is 126 Å². The van der Waals surface area contributed by atoms with Crippen LogP contribution in [0.1, 0.15) is 20.3 Å². The maximum Gasteiger partial charge on any atom is 0.240 e. The van der Waals surface area contributed by atoms with Gasteiger partial charge < -0.3 is 14.6 Å². The van der Waals surface area contributed by atoms with Gasteiger partial charge in [0, 0.05) is 18.7 Å². The Morgan fingerprint density at radius 2 is 1.81 bits per heavy atom. The predicted molar refractivity (Wildman–Crippen MR) is 80.2 cm³/mol. The summed E-state index contributed by atoms with van der Waals surface area (Å²) in [7, 11) is -0.746. The van der Waals surface area contributed by atoms with Gasteiger partial charge in [-0.1, -0.05) is 13.8 Å². The standard InChI is InChI=1S/C14H23NO5S/c1-10(2)12(7-8-16)15-21(17,18)11-5-6-13(19-3)14(9-11)20-4/h5-6,9-10,12,15-16H,7-8H2,1-4H3. The largest absolute Gasteiger partial charge is 0.493 e. The van der Waals surface area contributed by atoms with Crippen LogP contribution in [0.4, 0.5) is 0 Å². The molecule has 0 amide bonds. The van der Waals surface area contributed by atoms with Crippen LogP contribution in [0.2, 0.25) is 0 Å². The first-order chi connectivity index (χ1) is 9.85. The van der Waals surface area contributed by atoms with Gasteiger partial charge in [0.05, 0.1) is 19.1 Å². The number of aliphatic hydroxyl groups excluding tert-OH is 1. The van der Waals surface area contributed by atoms with Crippen LogP contribution >= 0.6 is 0 Å². The van der Waals surface area contributed by atoms with E-state index in [4.69, 9.17) is 14.6 Å². The van der Waals surface area contributed by atoms with Crippen molar-refractivity contribution in [2.45, 2.75) is 31.2 Å². The predicted octanol–water partition coefficient (Wildman–Crippen LogP) is 1.39. The minimum Gasteiger partial charge on any atom is -0.493 e. The Kier molecular flexibility index (Phi) is 6.44. The molecule has 7 heteroatoms. The second kappa shape index (κ2) is 7.63. The summed E-state index contributed by atoms with van der Waals surface area (Å²) in [5.74, 6) is 0.892. The van der Waals surface area contributed by atoms with Crippen molar-refractivity contribution in [2.75, 3.05) is 20.8 Å². The van der Waals surface area contributed by atoms with Gasteiger partial charge in [-0.05, 0) is 24.5 Å². The fraction of sp³-hybridized carbons (Fsp3) is 0.571. The normalized spacial score (nSPS) is 13.2. The van der Waals surface area contributed by atoms with E-state index in [-0.39, 0.29) is 23.5 Å². The van der Waals surface area contributed by atoms with Crippen LogP contribution in [0.15, 0.2) is 23.1 Å². The molecule has 2 N–H and O–H groups in total. The Bertz CT molecular complexity index is 556. The number of methoxy groups -OCH3 is 2. The number of rotatable bonds is 8. The number of ether oxygens (including phenoxy) is 2. The van der Waals surface area contributed by atoms with E-state index >= 15 is 0 Å². The molecule has 6 nitrogen and oxygen atoms in total. The first-order valence-electron chi connectivity index (χ1n) is 6.71. The van der Waals surface area contributed by atoms with Gasteiger partial charge in [0.1, 0.15) is 0 Å². The highest BCUT2D eigenvalue weighted by Crippen LogP contribution is 2.29. The lowest BCUT2D eigenvalue weighted by molar-refractivity contribution is 0.256. The van der Waals surface area contributed by atoms with Gasteiger partial charge in [-0.2, -0.15) is 0 Å². The molecule has 0 heterocycles. The number of nitrogens with one attached hydrogen (secondary N) is 1. The van der Waals surface area contributed by atoms with Gasteiger partial charge in [0.2, 0.25) is 10.0 Å². The van der Waals surface area contributed by atoms with E-state index < -0.39 is 10.0 Å². The average molecular weight is 317 g/mol. The summed E-state index contributed by atoms with van der Waals surface area (Å²) < 4.78 is 37.6. The van der Waals surface area contributed by atoms with Crippen LogP contribution in [0.25, 0.3) is 0 Å². The second-order valence-corrected chi connectivity index (χ2v) is 6.71. The zero-order chi connectivity index (χ0) is 16.0. The quantitative estimate of drug-likeness (QED) is 0.757. The zero-order valence-electron chi connectivity index (χ0n) is 12.8. The Morgan fingerprint density at radius 3 is 2.29 bits per heavy atom. The van der Waals surface area contributed by atoms with Crippen LogP contribution in [0.5, 0.6) is 11.5 Å². The lowest BCUT2D eigenvalue weighted by Gasteiger charge is -2.21. The molecule has 1 atom stereocenters. The van der Waals surface area contributed by atoms with Crippen molar-refractivity contribution in [1.82, 2.24) is 4.72 Å². The van der Waals surface area contributed by atoms with Gasteiger partial charge in [0.25, 0.3) is 0 Å². The summed E-state index contributed by atoms with van der Waals surface area (Å²) in [6.07, 6.45) is 0.365. The molecule has 0 saturated heterocycles. The van der Waals surface area contributed by atoms with Gasteiger partial charge in [-0.25, -0.2) is 13.1 Å². The number of hydrogen-bond donors (Lipinski definition) is 2. The van der Waals surface area contributed by atoms with Crippen molar-refractivity contribution in [2.24, 2.45) is 5.92 Å². The molecule has 1 rings (SSSR count). The van der Waals surface area contributed by atoms with Crippen LogP contribution in [-0.4, -0.2) is 40.4 Å². The molecular weight excluding hydrogens is 294 g/mol. The average Bonchev–Trinajstić information content (AvgIpc) is 2.45. The summed E-state index contributed by atoms with van der Waals surface area (Å²) in [6, 6.07) is 4.09. The molecule has 0 aliphatic heterocycles. The van der Waals surface area contributed by atoms with Crippen LogP contribution < -0.4 is 14.2 Å². The molecule has 0 aromatic heterocycles. The van der Waals surface area contributed by atoms with Crippen LogP contribution in [0, 0.1) is 5.92 Å². The highest BCUT2D eigenvalue weighted by Gasteiger charge is 2.23. The van der Waals surface area contributed by atoms with E-state index in [9.17, 15) is 8.42 Å². The molecule has 0 saturated carbocycles. The molecule has 0 fully saturated rings. The highest BCUT2D eigenvalue weighted by molar-refractivity contribution is 7.89. The monoisotopic (exact) mass is 317 g/mol. The number of aliphatic hydroxyl groups is 1. The topological polar surface area (TPSA) is 84.9 Å². The Balaban J connectivity index is 3.07. The number of hydrogen-bond acceptors (Lipinski definition) is 5. The number of benzene rings is 1. The summed E-state index contributed by atoms with van der Waals surface area (Å²) >= 11 is 0. The molecule has 1 aromatic rings. The fourth-order valence-corrected chi connectivity index (χ4v) is 3.35. The fourth-order valence-electron chi connectivity index (χ4n) is 1.92. The molecule has 1 unspecified atom stereocenters. The van der Waals surface area contributed by atoms with Gasteiger partial charge >= 0.3 is 0 Å². The zero-order valence-corrected chi connectivity index (χ0v) is 13.6. The minimum atomic E-state index is -3.68. The lowest BCUT2D eigenvalue weighted by atomic mass is 10.0. The third-order valence-electron chi connectivity index (χ3n) is 3.22. The molecule has 120 valence electrons. The molecule has 21 heavy (non-hydrogen) atoms. The molecular formula is C14H23NO5S. The van der Waals surface area contributed by atoms with E-state index in [1.165, 1.54) is 26.4 Å². The summed E-state index contributed by atoms with van der Waals surface area (Å²) in [4.78, 5) is 0.101. The van der Waals surface area contributed by atoms with Crippen molar-refractivity contribution in [3.05, 3.63) is 18.2 Å². The molecule has 1 aromatic carbocycles.